The SMILES string of the molecule is CCCCCC(CCCC(CC)CC)C(C)(C)C[N+]1(CC)C(=O)N(C(C)(CC)CC)c2ncc(CBr)cc21. The lowest BCUT2D eigenvalue weighted by molar-refractivity contribution is 0.119. The molecule has 0 radical (unpaired) electrons. The molecule has 38 heavy (non-hydrogen) atoms. The number of pyridine rings is 1. The van der Waals surface area contributed by atoms with Crippen molar-refractivity contribution in [2.75, 3.05) is 18.0 Å². The van der Waals surface area contributed by atoms with Crippen molar-refractivity contribution in [3.05, 3.63) is 17.8 Å². The number of fused-ring (bicyclic) bond motifs is 1. The molecule has 0 N–H and O–H groups in total. The molecule has 2 amide bonds. The van der Waals surface area contributed by atoms with Crippen LogP contribution in [0.4, 0.5) is 16.3 Å². The van der Waals surface area contributed by atoms with Gasteiger partial charge in [0, 0.05) is 23.0 Å². The van der Waals surface area contributed by atoms with Crippen LogP contribution in [0.15, 0.2) is 12.3 Å². The van der Waals surface area contributed by atoms with Gasteiger partial charge in [-0.05, 0) is 56.9 Å². The molecule has 4 nitrogen and oxygen atoms in total. The van der Waals surface area contributed by atoms with Crippen molar-refractivity contribution in [1.82, 2.24) is 9.47 Å². The number of quaternary nitrogens is 1. The summed E-state index contributed by atoms with van der Waals surface area (Å²) in [5.41, 5.74) is 2.07. The molecule has 2 unspecified atom stereocenters. The van der Waals surface area contributed by atoms with Gasteiger partial charge in [0.25, 0.3) is 0 Å². The summed E-state index contributed by atoms with van der Waals surface area (Å²) in [6, 6.07) is 2.49. The fourth-order valence-corrected chi connectivity index (χ4v) is 7.10. The Hall–Kier alpha value is -0.940. The fraction of sp³-hybridized carbons (Fsp3) is 0.818. The molecule has 0 aromatic carbocycles. The lowest BCUT2D eigenvalue weighted by Gasteiger charge is -2.43. The maximum absolute atomic E-state index is 14.7. The molecule has 2 rings (SSSR count). The zero-order valence-electron chi connectivity index (χ0n) is 26.3. The van der Waals surface area contributed by atoms with Gasteiger partial charge in [-0.15, -0.1) is 0 Å². The Labute approximate surface area is 244 Å². The van der Waals surface area contributed by atoms with E-state index in [9.17, 15) is 4.79 Å². The third kappa shape index (κ3) is 7.03. The number of hydrogen-bond acceptors (Lipinski definition) is 2. The second-order valence-electron chi connectivity index (χ2n) is 12.9. The summed E-state index contributed by atoms with van der Waals surface area (Å²) < 4.78 is 0.391. The zero-order valence-corrected chi connectivity index (χ0v) is 27.9. The third-order valence-corrected chi connectivity index (χ3v) is 10.8. The summed E-state index contributed by atoms with van der Waals surface area (Å²) >= 11 is 3.65. The van der Waals surface area contributed by atoms with Crippen LogP contribution in [0.3, 0.4) is 0 Å². The molecule has 1 aromatic heterocycles. The van der Waals surface area contributed by atoms with E-state index in [1.807, 2.05) is 6.20 Å². The third-order valence-electron chi connectivity index (χ3n) is 10.1. The van der Waals surface area contributed by atoms with Gasteiger partial charge in [0.05, 0.1) is 18.6 Å². The van der Waals surface area contributed by atoms with Crippen LogP contribution >= 0.6 is 15.9 Å². The number of amides is 2. The maximum Gasteiger partial charge on any atom is 0.430 e. The minimum Gasteiger partial charge on any atom is -0.234 e. The molecule has 0 spiro atoms. The van der Waals surface area contributed by atoms with Crippen LogP contribution in [0.1, 0.15) is 139 Å². The van der Waals surface area contributed by atoms with Crippen molar-refractivity contribution in [3.63, 3.8) is 0 Å². The van der Waals surface area contributed by atoms with Crippen LogP contribution in [-0.4, -0.2) is 29.6 Å². The van der Waals surface area contributed by atoms with Crippen molar-refractivity contribution < 1.29 is 4.79 Å². The highest BCUT2D eigenvalue weighted by Crippen LogP contribution is 2.50. The number of hydrogen-bond donors (Lipinski definition) is 0. The monoisotopic (exact) mass is 592 g/mol. The van der Waals surface area contributed by atoms with Crippen LogP contribution in [0.2, 0.25) is 0 Å². The average molecular weight is 594 g/mol. The van der Waals surface area contributed by atoms with Gasteiger partial charge in [0.1, 0.15) is 0 Å². The van der Waals surface area contributed by atoms with E-state index in [2.05, 4.69) is 89.2 Å². The van der Waals surface area contributed by atoms with E-state index < -0.39 is 0 Å². The van der Waals surface area contributed by atoms with Crippen molar-refractivity contribution in [2.24, 2.45) is 17.3 Å². The van der Waals surface area contributed by atoms with E-state index in [4.69, 9.17) is 4.98 Å². The summed E-state index contributed by atoms with van der Waals surface area (Å²) in [6.07, 6.45) is 15.4. The van der Waals surface area contributed by atoms with Crippen molar-refractivity contribution in [2.45, 2.75) is 144 Å². The Bertz CT molecular complexity index is 877. The highest BCUT2D eigenvalue weighted by atomic mass is 79.9. The summed E-state index contributed by atoms with van der Waals surface area (Å²) in [6.45, 7) is 22.3. The quantitative estimate of drug-likeness (QED) is 0.0964. The Morgan fingerprint density at radius 3 is 2.11 bits per heavy atom. The van der Waals surface area contributed by atoms with Crippen molar-refractivity contribution in [3.8, 4) is 0 Å². The summed E-state index contributed by atoms with van der Waals surface area (Å²) in [4.78, 5) is 21.7. The van der Waals surface area contributed by atoms with Gasteiger partial charge in [0.2, 0.25) is 5.82 Å². The predicted octanol–water partition coefficient (Wildman–Crippen LogP) is 10.7. The van der Waals surface area contributed by atoms with Crippen molar-refractivity contribution >= 4 is 33.5 Å². The number of urea groups is 1. The molecule has 2 heterocycles. The lowest BCUT2D eigenvalue weighted by Crippen LogP contribution is -2.63. The van der Waals surface area contributed by atoms with Gasteiger partial charge in [0.15, 0.2) is 5.69 Å². The van der Waals surface area contributed by atoms with E-state index in [0.29, 0.717) is 10.4 Å². The molecule has 0 bridgehead atoms. The normalized spacial score (nSPS) is 18.9. The number of aromatic nitrogens is 1. The largest absolute Gasteiger partial charge is 0.430 e. The number of carbonyl (C=O) groups is 1. The standard InChI is InChI=1S/C33H59BrN3O/c1-10-16-17-20-28(21-18-19-26(11-2)12-3)32(7,8)25-37(15-6)29-22-27(23-34)24-35-30(29)36(31(37)38)33(9,13-4)14-5/h22,24,26,28H,10-21,23,25H2,1-9H3/q+1. The predicted molar refractivity (Wildman–Crippen MR) is 170 cm³/mol. The molecule has 0 fully saturated rings. The summed E-state index contributed by atoms with van der Waals surface area (Å²) in [5.74, 6) is 2.35. The minimum atomic E-state index is -0.232. The topological polar surface area (TPSA) is 33.2 Å². The summed E-state index contributed by atoms with van der Waals surface area (Å²) in [7, 11) is 0. The van der Waals surface area contributed by atoms with Crippen LogP contribution in [0.5, 0.6) is 0 Å². The Morgan fingerprint density at radius 1 is 0.947 bits per heavy atom. The average Bonchev–Trinajstić information content (AvgIpc) is 3.16. The van der Waals surface area contributed by atoms with Gasteiger partial charge in [-0.1, -0.05) is 109 Å². The molecular formula is C33H59BrN3O+. The second-order valence-corrected chi connectivity index (χ2v) is 13.4. The first kappa shape index (κ1) is 33.3. The Balaban J connectivity index is 2.51. The van der Waals surface area contributed by atoms with Gasteiger partial charge in [-0.25, -0.2) is 19.2 Å². The van der Waals surface area contributed by atoms with Crippen LogP contribution < -0.4 is 9.38 Å². The molecule has 1 aliphatic heterocycles. The number of anilines is 1. The lowest BCUT2D eigenvalue weighted by atomic mass is 9.72. The van der Waals surface area contributed by atoms with Crippen LogP contribution in [-0.2, 0) is 5.33 Å². The summed E-state index contributed by atoms with van der Waals surface area (Å²) in [5, 5.41) is 0.753. The van der Waals surface area contributed by atoms with E-state index in [1.54, 1.807) is 0 Å². The van der Waals surface area contributed by atoms with Gasteiger partial charge in [-0.3, -0.25) is 0 Å². The first-order valence-electron chi connectivity index (χ1n) is 15.8. The molecule has 1 aliphatic rings. The highest BCUT2D eigenvalue weighted by Gasteiger charge is 2.58. The molecule has 2 atom stereocenters. The van der Waals surface area contributed by atoms with Gasteiger partial charge < -0.3 is 0 Å². The van der Waals surface area contributed by atoms with E-state index in [1.165, 1.54) is 57.8 Å². The van der Waals surface area contributed by atoms with Crippen LogP contribution in [0, 0.1) is 17.3 Å². The Morgan fingerprint density at radius 2 is 1.58 bits per heavy atom. The molecular weight excluding hydrogens is 534 g/mol. The van der Waals surface area contributed by atoms with Crippen molar-refractivity contribution in [1.29, 1.82) is 0 Å². The molecule has 0 aliphatic carbocycles. The number of unbranched alkanes of at least 4 members (excludes halogenated alkanes) is 2. The number of nitrogens with zero attached hydrogens (tertiary/aromatic N) is 3. The number of alkyl halides is 1. The Kier molecular flexibility index (Phi) is 12.8. The molecule has 0 saturated heterocycles. The van der Waals surface area contributed by atoms with E-state index >= 15 is 0 Å². The second kappa shape index (κ2) is 14.6. The smallest absolute Gasteiger partial charge is 0.234 e. The van der Waals surface area contributed by atoms with Crippen LogP contribution in [0.25, 0.3) is 0 Å². The first-order valence-corrected chi connectivity index (χ1v) is 16.9. The van der Waals surface area contributed by atoms with Gasteiger partial charge in [-0.2, -0.15) is 0 Å². The fourth-order valence-electron chi connectivity index (χ4n) is 6.80. The minimum absolute atomic E-state index is 0.0415. The molecule has 5 heteroatoms. The highest BCUT2D eigenvalue weighted by molar-refractivity contribution is 9.08. The van der Waals surface area contributed by atoms with E-state index in [-0.39, 0.29) is 17.0 Å². The van der Waals surface area contributed by atoms with E-state index in [0.717, 1.165) is 54.2 Å². The molecule has 1 aromatic rings. The maximum atomic E-state index is 14.7. The molecule has 218 valence electrons. The first-order chi connectivity index (χ1) is 18.0. The number of halogens is 1. The number of carbonyl (C=O) groups excluding carboxylic acids is 1. The zero-order chi connectivity index (χ0) is 28.6. The van der Waals surface area contributed by atoms with Gasteiger partial charge >= 0.3 is 6.03 Å². The number of rotatable bonds is 18. The molecule has 0 saturated carbocycles.